The zero-order chi connectivity index (χ0) is 19.0. The van der Waals surface area contributed by atoms with Crippen LogP contribution in [0.25, 0.3) is 10.8 Å². The molecule has 0 bridgehead atoms. The molecule has 138 valence electrons. The van der Waals surface area contributed by atoms with Crippen LogP contribution < -0.4 is 5.30 Å². The maximum Gasteiger partial charge on any atom is 0.130 e. The van der Waals surface area contributed by atoms with Crippen LogP contribution in [-0.4, -0.2) is 0 Å². The van der Waals surface area contributed by atoms with Crippen molar-refractivity contribution in [3.63, 3.8) is 0 Å². The van der Waals surface area contributed by atoms with Crippen molar-refractivity contribution in [2.45, 2.75) is 24.2 Å². The van der Waals surface area contributed by atoms with Crippen LogP contribution >= 0.6 is 7.14 Å². The minimum atomic E-state index is -2.73. The quantitative estimate of drug-likeness (QED) is 0.345. The summed E-state index contributed by atoms with van der Waals surface area (Å²) < 4.78 is 15.1. The molecule has 4 aromatic rings. The third-order valence-electron chi connectivity index (χ3n) is 6.15. The summed E-state index contributed by atoms with van der Waals surface area (Å²) in [4.78, 5) is 0. The van der Waals surface area contributed by atoms with Gasteiger partial charge < -0.3 is 4.57 Å². The van der Waals surface area contributed by atoms with Gasteiger partial charge in [-0.2, -0.15) is 0 Å². The molecule has 0 amide bonds. The fraction of sp³-hybridized carbons (Fsp3) is 0.154. The first-order chi connectivity index (χ1) is 13.8. The minimum Gasteiger partial charge on any atom is -0.317 e. The molecule has 2 heteroatoms. The van der Waals surface area contributed by atoms with Crippen LogP contribution in [0.4, 0.5) is 0 Å². The number of fused-ring (bicyclic) bond motifs is 1. The summed E-state index contributed by atoms with van der Waals surface area (Å²) in [7, 11) is -2.73. The molecule has 0 aromatic heterocycles. The standard InChI is InChI=1S/C26H23OP/c27-28(26-17-9-15-20-10-7-8-16-23(20)26)24(21-11-3-1-4-12-21)18-19-25(28)22-13-5-2-6-14-22/h1-17,24-25H,18-19H2/t24-,25-/m0/s1. The van der Waals surface area contributed by atoms with Crippen LogP contribution in [0.5, 0.6) is 0 Å². The van der Waals surface area contributed by atoms with Gasteiger partial charge in [0.1, 0.15) is 7.14 Å². The Kier molecular flexibility index (Phi) is 4.41. The molecule has 0 saturated carbocycles. The Labute approximate surface area is 166 Å². The molecule has 0 N–H and O–H groups in total. The summed E-state index contributed by atoms with van der Waals surface area (Å²) in [5.41, 5.74) is 2.56. The zero-order valence-electron chi connectivity index (χ0n) is 15.7. The molecule has 0 spiro atoms. The molecule has 1 saturated heterocycles. The summed E-state index contributed by atoms with van der Waals surface area (Å²) in [6, 6.07) is 35.6. The van der Waals surface area contributed by atoms with Gasteiger partial charge in [-0.25, -0.2) is 0 Å². The predicted octanol–water partition coefficient (Wildman–Crippen LogP) is 7.10. The Bertz CT molecular complexity index is 1090. The Morgan fingerprint density at radius 3 is 1.68 bits per heavy atom. The Morgan fingerprint density at radius 1 is 0.571 bits per heavy atom. The highest BCUT2D eigenvalue weighted by Gasteiger charge is 2.49. The molecule has 28 heavy (non-hydrogen) atoms. The van der Waals surface area contributed by atoms with Crippen LogP contribution in [-0.2, 0) is 4.57 Å². The van der Waals surface area contributed by atoms with Crippen molar-refractivity contribution < 1.29 is 4.57 Å². The first-order valence-corrected chi connectivity index (χ1v) is 11.8. The van der Waals surface area contributed by atoms with Crippen LogP contribution in [0.1, 0.15) is 35.3 Å². The molecule has 4 aromatic carbocycles. The normalized spacial score (nSPS) is 21.0. The smallest absolute Gasteiger partial charge is 0.130 e. The van der Waals surface area contributed by atoms with Crippen molar-refractivity contribution in [1.29, 1.82) is 0 Å². The van der Waals surface area contributed by atoms with Crippen LogP contribution in [0.2, 0.25) is 0 Å². The third kappa shape index (κ3) is 2.74. The van der Waals surface area contributed by atoms with Crippen LogP contribution in [0.3, 0.4) is 0 Å². The van der Waals surface area contributed by atoms with Crippen molar-refractivity contribution in [3.05, 3.63) is 114 Å². The van der Waals surface area contributed by atoms with E-state index in [0.29, 0.717) is 0 Å². The van der Waals surface area contributed by atoms with Gasteiger partial charge in [0.15, 0.2) is 0 Å². The minimum absolute atomic E-state index is 0.0738. The van der Waals surface area contributed by atoms with Gasteiger partial charge in [-0.3, -0.25) is 0 Å². The number of benzene rings is 4. The summed E-state index contributed by atoms with van der Waals surface area (Å²) >= 11 is 0. The maximum absolute atomic E-state index is 15.1. The highest BCUT2D eigenvalue weighted by molar-refractivity contribution is 7.73. The van der Waals surface area contributed by atoms with Gasteiger partial charge in [-0.1, -0.05) is 103 Å². The molecule has 1 aliphatic rings. The fourth-order valence-electron chi connectivity index (χ4n) is 4.89. The lowest BCUT2D eigenvalue weighted by Gasteiger charge is -2.28. The van der Waals surface area contributed by atoms with Crippen molar-refractivity contribution in [2.75, 3.05) is 0 Å². The first-order valence-electron chi connectivity index (χ1n) is 9.96. The van der Waals surface area contributed by atoms with E-state index >= 15 is 4.57 Å². The molecular weight excluding hydrogens is 359 g/mol. The van der Waals surface area contributed by atoms with E-state index in [1.807, 2.05) is 12.1 Å². The number of hydrogen-bond acceptors (Lipinski definition) is 1. The van der Waals surface area contributed by atoms with Gasteiger partial charge in [0.2, 0.25) is 0 Å². The summed E-state index contributed by atoms with van der Waals surface area (Å²) in [5, 5.41) is 3.35. The van der Waals surface area contributed by atoms with Gasteiger partial charge in [0.05, 0.1) is 0 Å². The monoisotopic (exact) mass is 382 g/mol. The number of rotatable bonds is 3. The second-order valence-corrected chi connectivity index (χ2v) is 10.8. The van der Waals surface area contributed by atoms with Crippen molar-refractivity contribution in [3.8, 4) is 0 Å². The van der Waals surface area contributed by atoms with Gasteiger partial charge in [0, 0.05) is 16.6 Å². The highest BCUT2D eigenvalue weighted by Crippen LogP contribution is 2.75. The Morgan fingerprint density at radius 2 is 1.07 bits per heavy atom. The number of hydrogen-bond donors (Lipinski definition) is 0. The molecule has 1 fully saturated rings. The third-order valence-corrected chi connectivity index (χ3v) is 10.3. The Balaban J connectivity index is 1.77. The molecule has 5 rings (SSSR count). The van der Waals surface area contributed by atoms with E-state index in [1.54, 1.807) is 0 Å². The average molecular weight is 382 g/mol. The van der Waals surface area contributed by atoms with Crippen molar-refractivity contribution in [2.24, 2.45) is 0 Å². The van der Waals surface area contributed by atoms with Crippen LogP contribution in [0.15, 0.2) is 103 Å². The fourth-order valence-corrected chi connectivity index (χ4v) is 9.19. The second-order valence-electron chi connectivity index (χ2n) is 7.64. The summed E-state index contributed by atoms with van der Waals surface area (Å²) in [6.45, 7) is 0. The van der Waals surface area contributed by atoms with Crippen LogP contribution in [0, 0.1) is 0 Å². The molecule has 2 atom stereocenters. The zero-order valence-corrected chi connectivity index (χ0v) is 16.6. The van der Waals surface area contributed by atoms with Crippen molar-refractivity contribution in [1.82, 2.24) is 0 Å². The van der Waals surface area contributed by atoms with Gasteiger partial charge in [0.25, 0.3) is 0 Å². The maximum atomic E-state index is 15.1. The average Bonchev–Trinajstić information content (AvgIpc) is 3.12. The molecule has 1 heterocycles. The molecule has 1 nitrogen and oxygen atoms in total. The lowest BCUT2D eigenvalue weighted by molar-refractivity contribution is 0.574. The van der Waals surface area contributed by atoms with E-state index < -0.39 is 7.14 Å². The van der Waals surface area contributed by atoms with Crippen molar-refractivity contribution >= 4 is 23.2 Å². The molecule has 0 radical (unpaired) electrons. The predicted molar refractivity (Wildman–Crippen MR) is 119 cm³/mol. The van der Waals surface area contributed by atoms with E-state index in [9.17, 15) is 0 Å². The van der Waals surface area contributed by atoms with Gasteiger partial charge >= 0.3 is 0 Å². The molecule has 0 aliphatic carbocycles. The SMILES string of the molecule is O=P1(c2cccc3ccccc23)[C@H](c2ccccc2)CC[C@H]1c1ccccc1. The lowest BCUT2D eigenvalue weighted by Crippen LogP contribution is -2.13. The largest absolute Gasteiger partial charge is 0.317 e. The van der Waals surface area contributed by atoms with Gasteiger partial charge in [-0.15, -0.1) is 0 Å². The molecule has 1 aliphatic heterocycles. The first kappa shape index (κ1) is 17.5. The van der Waals surface area contributed by atoms with E-state index in [0.717, 1.165) is 23.5 Å². The molecular formula is C26H23OP. The highest BCUT2D eigenvalue weighted by atomic mass is 31.2. The molecule has 0 unspecified atom stereocenters. The second kappa shape index (κ2) is 7.08. The summed E-state index contributed by atoms with van der Waals surface area (Å²) in [6.07, 6.45) is 1.92. The van der Waals surface area contributed by atoms with E-state index in [-0.39, 0.29) is 11.3 Å². The van der Waals surface area contributed by atoms with E-state index in [4.69, 9.17) is 0 Å². The van der Waals surface area contributed by atoms with E-state index in [1.165, 1.54) is 16.5 Å². The van der Waals surface area contributed by atoms with E-state index in [2.05, 4.69) is 91.0 Å². The summed E-state index contributed by atoms with van der Waals surface area (Å²) in [5.74, 6) is 0. The van der Waals surface area contributed by atoms with Gasteiger partial charge in [-0.05, 0) is 34.7 Å². The topological polar surface area (TPSA) is 17.1 Å². The Hall–Kier alpha value is -2.63. The lowest BCUT2D eigenvalue weighted by atomic mass is 10.0.